The van der Waals surface area contributed by atoms with Gasteiger partial charge in [-0.15, -0.1) is 0 Å². The average molecular weight is 212 g/mol. The Morgan fingerprint density at radius 2 is 1.88 bits per heavy atom. The lowest BCUT2D eigenvalue weighted by molar-refractivity contribution is 0.430. The van der Waals surface area contributed by atoms with Crippen LogP contribution < -0.4 is 0 Å². The highest BCUT2D eigenvalue weighted by atomic mass is 14.1. The summed E-state index contributed by atoms with van der Waals surface area (Å²) in [6.07, 6.45) is 7.84. The van der Waals surface area contributed by atoms with Crippen LogP contribution in [0.3, 0.4) is 0 Å². The Hall–Kier alpha value is -1.22. The number of hydrogen-bond donors (Lipinski definition) is 0. The summed E-state index contributed by atoms with van der Waals surface area (Å²) in [5.41, 5.74) is 2.61. The molecule has 0 amide bonds. The van der Waals surface area contributed by atoms with Gasteiger partial charge in [-0.05, 0) is 30.9 Å². The normalized spacial score (nSPS) is 16.6. The van der Waals surface area contributed by atoms with Crippen LogP contribution in [0.15, 0.2) is 24.3 Å². The Balaban J connectivity index is 2.10. The molecular weight excluding hydrogens is 192 g/mol. The highest BCUT2D eigenvalue weighted by molar-refractivity contribution is 5.41. The van der Waals surface area contributed by atoms with E-state index in [-0.39, 0.29) is 0 Å². The van der Waals surface area contributed by atoms with Crippen LogP contribution in [0.2, 0.25) is 0 Å². The molecule has 1 aromatic rings. The van der Waals surface area contributed by atoms with Crippen molar-refractivity contribution in [1.82, 2.24) is 0 Å². The molecule has 1 aromatic carbocycles. The van der Waals surface area contributed by atoms with Gasteiger partial charge in [0, 0.05) is 11.5 Å². The molecule has 0 N–H and O–H groups in total. The van der Waals surface area contributed by atoms with Crippen molar-refractivity contribution in [3.8, 4) is 11.8 Å². The van der Waals surface area contributed by atoms with E-state index in [4.69, 9.17) is 0 Å². The van der Waals surface area contributed by atoms with Gasteiger partial charge in [-0.2, -0.15) is 0 Å². The van der Waals surface area contributed by atoms with Crippen molar-refractivity contribution in [2.24, 2.45) is 5.92 Å². The van der Waals surface area contributed by atoms with Crippen LogP contribution in [-0.2, 0) is 6.42 Å². The molecule has 1 fully saturated rings. The molecule has 0 heterocycles. The first-order chi connectivity index (χ1) is 7.90. The quantitative estimate of drug-likeness (QED) is 0.613. The summed E-state index contributed by atoms with van der Waals surface area (Å²) < 4.78 is 0. The first-order valence-corrected chi connectivity index (χ1v) is 6.49. The Bertz CT molecular complexity index is 386. The third-order valence-electron chi connectivity index (χ3n) is 3.41. The zero-order valence-electron chi connectivity index (χ0n) is 10.1. The van der Waals surface area contributed by atoms with Gasteiger partial charge in [-0.1, -0.05) is 56.2 Å². The summed E-state index contributed by atoms with van der Waals surface area (Å²) in [6, 6.07) is 8.52. The van der Waals surface area contributed by atoms with Crippen molar-refractivity contribution in [3.63, 3.8) is 0 Å². The van der Waals surface area contributed by atoms with E-state index in [1.807, 2.05) is 0 Å². The summed E-state index contributed by atoms with van der Waals surface area (Å²) in [5.74, 6) is 7.50. The van der Waals surface area contributed by atoms with Crippen LogP contribution in [0.4, 0.5) is 0 Å². The van der Waals surface area contributed by atoms with Crippen molar-refractivity contribution in [1.29, 1.82) is 0 Å². The monoisotopic (exact) mass is 212 g/mol. The van der Waals surface area contributed by atoms with Crippen molar-refractivity contribution in [2.45, 2.75) is 45.4 Å². The van der Waals surface area contributed by atoms with Crippen molar-refractivity contribution >= 4 is 0 Å². The van der Waals surface area contributed by atoms with E-state index in [0.29, 0.717) is 5.92 Å². The van der Waals surface area contributed by atoms with Gasteiger partial charge >= 0.3 is 0 Å². The predicted molar refractivity (Wildman–Crippen MR) is 69.3 cm³/mol. The topological polar surface area (TPSA) is 0 Å². The fourth-order valence-corrected chi connectivity index (χ4v) is 2.38. The average Bonchev–Trinajstić information content (AvgIpc) is 2.38. The van der Waals surface area contributed by atoms with E-state index >= 15 is 0 Å². The summed E-state index contributed by atoms with van der Waals surface area (Å²) in [7, 11) is 0. The predicted octanol–water partition coefficient (Wildman–Crippen LogP) is 4.18. The molecule has 0 heteroatoms. The first kappa shape index (κ1) is 11.3. The lowest BCUT2D eigenvalue weighted by Crippen LogP contribution is -2.03. The summed E-state index contributed by atoms with van der Waals surface area (Å²) in [6.45, 7) is 2.20. The van der Waals surface area contributed by atoms with Gasteiger partial charge in [0.2, 0.25) is 0 Å². The van der Waals surface area contributed by atoms with E-state index < -0.39 is 0 Å². The third-order valence-corrected chi connectivity index (χ3v) is 3.41. The Morgan fingerprint density at radius 3 is 2.62 bits per heavy atom. The minimum absolute atomic E-state index is 0.652. The van der Waals surface area contributed by atoms with Gasteiger partial charge in [0.05, 0.1) is 0 Å². The maximum atomic E-state index is 3.46. The Morgan fingerprint density at radius 1 is 1.12 bits per heavy atom. The molecule has 0 saturated heterocycles. The number of benzene rings is 1. The summed E-state index contributed by atoms with van der Waals surface area (Å²) >= 11 is 0. The van der Waals surface area contributed by atoms with Crippen LogP contribution >= 0.6 is 0 Å². The first-order valence-electron chi connectivity index (χ1n) is 6.49. The van der Waals surface area contributed by atoms with Crippen LogP contribution in [0.5, 0.6) is 0 Å². The molecule has 1 aliphatic carbocycles. The largest absolute Gasteiger partial charge is 0.0945 e. The molecule has 2 rings (SSSR count). The van der Waals surface area contributed by atoms with Crippen LogP contribution in [0.25, 0.3) is 0 Å². The zero-order chi connectivity index (χ0) is 11.2. The molecule has 0 atom stereocenters. The minimum Gasteiger partial charge on any atom is -0.0945 e. The molecule has 0 unspecified atom stereocenters. The smallest absolute Gasteiger partial charge is 0.0277 e. The lowest BCUT2D eigenvalue weighted by atomic mass is 9.89. The van der Waals surface area contributed by atoms with Gasteiger partial charge in [0.15, 0.2) is 0 Å². The number of rotatable bonds is 1. The van der Waals surface area contributed by atoms with Crippen molar-refractivity contribution in [3.05, 3.63) is 35.4 Å². The third kappa shape index (κ3) is 2.89. The van der Waals surface area contributed by atoms with Gasteiger partial charge < -0.3 is 0 Å². The van der Waals surface area contributed by atoms with E-state index in [9.17, 15) is 0 Å². The maximum absolute atomic E-state index is 3.46. The fraction of sp³-hybridized carbons (Fsp3) is 0.500. The van der Waals surface area contributed by atoms with E-state index in [1.165, 1.54) is 43.2 Å². The number of aryl methyl sites for hydroxylation is 1. The Labute approximate surface area is 99.1 Å². The van der Waals surface area contributed by atoms with Gasteiger partial charge in [-0.25, -0.2) is 0 Å². The van der Waals surface area contributed by atoms with Crippen molar-refractivity contribution < 1.29 is 0 Å². The molecule has 0 radical (unpaired) electrons. The zero-order valence-corrected chi connectivity index (χ0v) is 10.1. The maximum Gasteiger partial charge on any atom is 0.0277 e. The van der Waals surface area contributed by atoms with E-state index in [2.05, 4.69) is 43.0 Å². The van der Waals surface area contributed by atoms with Gasteiger partial charge in [0.1, 0.15) is 0 Å². The summed E-state index contributed by atoms with van der Waals surface area (Å²) in [5, 5.41) is 0. The van der Waals surface area contributed by atoms with Gasteiger partial charge in [0.25, 0.3) is 0 Å². The van der Waals surface area contributed by atoms with Gasteiger partial charge in [-0.3, -0.25) is 0 Å². The highest BCUT2D eigenvalue weighted by Crippen LogP contribution is 2.22. The second-order valence-electron chi connectivity index (χ2n) is 4.61. The molecule has 0 spiro atoms. The summed E-state index contributed by atoms with van der Waals surface area (Å²) in [4.78, 5) is 0. The van der Waals surface area contributed by atoms with Crippen LogP contribution in [0, 0.1) is 17.8 Å². The van der Waals surface area contributed by atoms with E-state index in [0.717, 1.165) is 6.42 Å². The molecule has 0 aromatic heterocycles. The molecule has 1 aliphatic rings. The van der Waals surface area contributed by atoms with Crippen molar-refractivity contribution in [2.75, 3.05) is 0 Å². The molecule has 1 saturated carbocycles. The highest BCUT2D eigenvalue weighted by Gasteiger charge is 2.09. The fourth-order valence-electron chi connectivity index (χ4n) is 2.38. The van der Waals surface area contributed by atoms with Crippen LogP contribution in [0.1, 0.15) is 50.2 Å². The lowest BCUT2D eigenvalue weighted by Gasteiger charge is -2.15. The molecule has 84 valence electrons. The second-order valence-corrected chi connectivity index (χ2v) is 4.61. The van der Waals surface area contributed by atoms with Crippen LogP contribution in [-0.4, -0.2) is 0 Å². The standard InChI is InChI=1S/C16H20/c1-2-15-10-6-7-11-16(15)13-12-14-8-4-3-5-9-14/h6-7,10-11,14H,2-5,8-9H2,1H3. The molecule has 0 aliphatic heterocycles. The molecule has 0 bridgehead atoms. The molecule has 0 nitrogen and oxygen atoms in total. The number of hydrogen-bond acceptors (Lipinski definition) is 0. The molecule has 16 heavy (non-hydrogen) atoms. The molecular formula is C16H20. The van der Waals surface area contributed by atoms with E-state index in [1.54, 1.807) is 0 Å². The SMILES string of the molecule is CCc1ccccc1C#CC1CCCCC1. The second kappa shape index (κ2) is 5.75. The Kier molecular flexibility index (Phi) is 4.05. The minimum atomic E-state index is 0.652.